The molecule has 0 saturated heterocycles. The van der Waals surface area contributed by atoms with Crippen LogP contribution in [0.5, 0.6) is 5.75 Å². The highest BCUT2D eigenvalue weighted by atomic mass is 16.5. The lowest BCUT2D eigenvalue weighted by molar-refractivity contribution is 0.0956. The van der Waals surface area contributed by atoms with Gasteiger partial charge in [0.05, 0.1) is 29.6 Å². The van der Waals surface area contributed by atoms with E-state index in [9.17, 15) is 4.79 Å². The van der Waals surface area contributed by atoms with Crippen LogP contribution in [0, 0.1) is 0 Å². The SMILES string of the molecule is COc1ccc2cc(C(C)=NNC(=O)c3cc(-c4ccncc4)nc4ccccc34)ccc2c1. The molecule has 166 valence electrons. The van der Waals surface area contributed by atoms with Gasteiger partial charge in [0, 0.05) is 23.3 Å². The number of carbonyl (C=O) groups is 1. The lowest BCUT2D eigenvalue weighted by Crippen LogP contribution is -2.20. The van der Waals surface area contributed by atoms with Crippen LogP contribution in [-0.4, -0.2) is 28.7 Å². The van der Waals surface area contributed by atoms with Gasteiger partial charge in [-0.15, -0.1) is 0 Å². The topological polar surface area (TPSA) is 76.5 Å². The molecular weight excluding hydrogens is 424 g/mol. The molecule has 0 spiro atoms. The summed E-state index contributed by atoms with van der Waals surface area (Å²) >= 11 is 0. The van der Waals surface area contributed by atoms with Crippen LogP contribution < -0.4 is 10.2 Å². The fourth-order valence-electron chi connectivity index (χ4n) is 3.87. The van der Waals surface area contributed by atoms with Crippen molar-refractivity contribution in [3.63, 3.8) is 0 Å². The summed E-state index contributed by atoms with van der Waals surface area (Å²) in [5.41, 5.74) is 7.21. The van der Waals surface area contributed by atoms with E-state index in [0.29, 0.717) is 17.0 Å². The second-order valence-corrected chi connectivity index (χ2v) is 7.87. The Kier molecular flexibility index (Phi) is 5.70. The molecule has 0 bridgehead atoms. The predicted octanol–water partition coefficient (Wildman–Crippen LogP) is 5.61. The molecule has 0 fully saturated rings. The maximum absolute atomic E-state index is 13.2. The first-order valence-electron chi connectivity index (χ1n) is 10.9. The fourth-order valence-corrected chi connectivity index (χ4v) is 3.87. The lowest BCUT2D eigenvalue weighted by Gasteiger charge is -2.10. The van der Waals surface area contributed by atoms with Crippen molar-refractivity contribution in [1.29, 1.82) is 0 Å². The molecule has 5 rings (SSSR count). The number of aromatic nitrogens is 2. The van der Waals surface area contributed by atoms with Gasteiger partial charge in [-0.2, -0.15) is 5.10 Å². The lowest BCUT2D eigenvalue weighted by atomic mass is 10.0. The van der Waals surface area contributed by atoms with E-state index in [1.54, 1.807) is 25.6 Å². The molecule has 0 unspecified atom stereocenters. The Morgan fingerprint density at radius 3 is 2.50 bits per heavy atom. The first-order chi connectivity index (χ1) is 16.6. The van der Waals surface area contributed by atoms with Crippen molar-refractivity contribution in [2.45, 2.75) is 6.92 Å². The molecule has 1 amide bonds. The van der Waals surface area contributed by atoms with Gasteiger partial charge >= 0.3 is 0 Å². The van der Waals surface area contributed by atoms with Gasteiger partial charge in [-0.05, 0) is 65.7 Å². The number of carbonyl (C=O) groups excluding carboxylic acids is 1. The number of hydrogen-bond acceptors (Lipinski definition) is 5. The molecule has 0 aliphatic carbocycles. The maximum atomic E-state index is 13.2. The number of hydrogen-bond donors (Lipinski definition) is 1. The minimum absolute atomic E-state index is 0.293. The third kappa shape index (κ3) is 4.21. The van der Waals surface area contributed by atoms with Gasteiger partial charge in [-0.3, -0.25) is 9.78 Å². The number of hydrazone groups is 1. The molecule has 0 aliphatic heterocycles. The van der Waals surface area contributed by atoms with E-state index >= 15 is 0 Å². The molecule has 6 nitrogen and oxygen atoms in total. The van der Waals surface area contributed by atoms with Crippen LogP contribution in [0.1, 0.15) is 22.8 Å². The Hall–Kier alpha value is -4.58. The number of pyridine rings is 2. The molecule has 0 atom stereocenters. The van der Waals surface area contributed by atoms with Gasteiger partial charge < -0.3 is 4.74 Å². The number of nitrogens with one attached hydrogen (secondary N) is 1. The molecule has 5 aromatic rings. The molecule has 1 N–H and O–H groups in total. The van der Waals surface area contributed by atoms with Crippen molar-refractivity contribution in [2.24, 2.45) is 5.10 Å². The fraction of sp³-hybridized carbons (Fsp3) is 0.0714. The quantitative estimate of drug-likeness (QED) is 0.281. The molecule has 3 aromatic carbocycles. The zero-order valence-electron chi connectivity index (χ0n) is 18.8. The van der Waals surface area contributed by atoms with Crippen LogP contribution in [0.2, 0.25) is 0 Å². The molecule has 2 aromatic heterocycles. The third-order valence-corrected chi connectivity index (χ3v) is 5.73. The molecule has 2 heterocycles. The van der Waals surface area contributed by atoms with Crippen LogP contribution in [-0.2, 0) is 0 Å². The number of rotatable bonds is 5. The molecule has 34 heavy (non-hydrogen) atoms. The average molecular weight is 447 g/mol. The summed E-state index contributed by atoms with van der Waals surface area (Å²) in [6.07, 6.45) is 3.42. The molecular formula is C28H22N4O2. The summed E-state index contributed by atoms with van der Waals surface area (Å²) in [6.45, 7) is 1.87. The van der Waals surface area contributed by atoms with Crippen LogP contribution in [0.25, 0.3) is 32.9 Å². The highest BCUT2D eigenvalue weighted by Crippen LogP contribution is 2.25. The van der Waals surface area contributed by atoms with Crippen molar-refractivity contribution >= 4 is 33.3 Å². The summed E-state index contributed by atoms with van der Waals surface area (Å²) in [5, 5.41) is 7.30. The molecule has 0 aliphatic rings. The zero-order valence-corrected chi connectivity index (χ0v) is 18.8. The van der Waals surface area contributed by atoms with Crippen molar-refractivity contribution < 1.29 is 9.53 Å². The number of ether oxygens (including phenoxy) is 1. The number of methoxy groups -OCH3 is 1. The van der Waals surface area contributed by atoms with Crippen LogP contribution in [0.15, 0.2) is 96.4 Å². The first-order valence-corrected chi connectivity index (χ1v) is 10.9. The van der Waals surface area contributed by atoms with Crippen molar-refractivity contribution in [3.05, 3.63) is 102 Å². The maximum Gasteiger partial charge on any atom is 0.272 e. The Labute approximate surface area is 196 Å². The van der Waals surface area contributed by atoms with Crippen molar-refractivity contribution in [3.8, 4) is 17.0 Å². The van der Waals surface area contributed by atoms with Gasteiger partial charge in [0.15, 0.2) is 0 Å². The summed E-state index contributed by atoms with van der Waals surface area (Å²) in [6, 6.07) is 25.1. The predicted molar refractivity (Wildman–Crippen MR) is 135 cm³/mol. The van der Waals surface area contributed by atoms with E-state index in [4.69, 9.17) is 9.72 Å². The van der Waals surface area contributed by atoms with Gasteiger partial charge in [-0.25, -0.2) is 10.4 Å². The van der Waals surface area contributed by atoms with E-state index in [1.807, 2.05) is 79.7 Å². The first kappa shape index (κ1) is 21.3. The smallest absolute Gasteiger partial charge is 0.272 e. The van der Waals surface area contributed by atoms with Gasteiger partial charge in [0.25, 0.3) is 5.91 Å². The van der Waals surface area contributed by atoms with Gasteiger partial charge in [0.2, 0.25) is 0 Å². The Morgan fingerprint density at radius 1 is 0.912 bits per heavy atom. The third-order valence-electron chi connectivity index (χ3n) is 5.73. The highest BCUT2D eigenvalue weighted by molar-refractivity contribution is 6.08. The second-order valence-electron chi connectivity index (χ2n) is 7.87. The summed E-state index contributed by atoms with van der Waals surface area (Å²) < 4.78 is 5.30. The molecule has 0 radical (unpaired) electrons. The largest absolute Gasteiger partial charge is 0.497 e. The Balaban J connectivity index is 1.46. The van der Waals surface area contributed by atoms with E-state index in [0.717, 1.165) is 38.6 Å². The van der Waals surface area contributed by atoms with Crippen LogP contribution in [0.3, 0.4) is 0 Å². The number of benzene rings is 3. The molecule has 6 heteroatoms. The average Bonchev–Trinajstić information content (AvgIpc) is 2.90. The highest BCUT2D eigenvalue weighted by Gasteiger charge is 2.14. The Bertz CT molecular complexity index is 1550. The summed E-state index contributed by atoms with van der Waals surface area (Å²) in [5.74, 6) is 0.521. The summed E-state index contributed by atoms with van der Waals surface area (Å²) in [4.78, 5) is 22.0. The normalized spacial score (nSPS) is 11.5. The van der Waals surface area contributed by atoms with E-state index < -0.39 is 0 Å². The minimum Gasteiger partial charge on any atom is -0.497 e. The zero-order chi connectivity index (χ0) is 23.5. The van der Waals surface area contributed by atoms with Gasteiger partial charge in [0.1, 0.15) is 5.75 Å². The summed E-state index contributed by atoms with van der Waals surface area (Å²) in [7, 11) is 1.65. The number of amides is 1. The van der Waals surface area contributed by atoms with Crippen molar-refractivity contribution in [2.75, 3.05) is 7.11 Å². The monoisotopic (exact) mass is 446 g/mol. The van der Waals surface area contributed by atoms with E-state index in [-0.39, 0.29) is 5.91 Å². The van der Waals surface area contributed by atoms with Crippen molar-refractivity contribution in [1.82, 2.24) is 15.4 Å². The Morgan fingerprint density at radius 2 is 1.68 bits per heavy atom. The van der Waals surface area contributed by atoms with Crippen LogP contribution in [0.4, 0.5) is 0 Å². The minimum atomic E-state index is -0.293. The van der Waals surface area contributed by atoms with Crippen LogP contribution >= 0.6 is 0 Å². The van der Waals surface area contributed by atoms with E-state index in [1.165, 1.54) is 0 Å². The number of fused-ring (bicyclic) bond motifs is 2. The number of para-hydroxylation sites is 1. The second kappa shape index (κ2) is 9.11. The standard InChI is InChI=1S/C28H22N4O2/c1-18(20-7-8-22-16-23(34-2)10-9-21(22)15-20)31-32-28(33)25-17-27(19-11-13-29-14-12-19)30-26-6-4-3-5-24(25)26/h3-17H,1-2H3,(H,32,33). The van der Waals surface area contributed by atoms with E-state index in [2.05, 4.69) is 15.5 Å². The molecule has 0 saturated carbocycles. The van der Waals surface area contributed by atoms with Gasteiger partial charge in [-0.1, -0.05) is 36.4 Å². The number of nitrogens with zero attached hydrogens (tertiary/aromatic N) is 3.